The van der Waals surface area contributed by atoms with Crippen LogP contribution in [0.4, 0.5) is 0 Å². The van der Waals surface area contributed by atoms with Crippen LogP contribution in [0.25, 0.3) is 0 Å². The summed E-state index contributed by atoms with van der Waals surface area (Å²) in [7, 11) is 0. The van der Waals surface area contributed by atoms with Crippen LogP contribution in [0.15, 0.2) is 0 Å². The lowest BCUT2D eigenvalue weighted by atomic mass is 9.90. The molecule has 0 aliphatic heterocycles. The topological polar surface area (TPSA) is 79.2 Å². The van der Waals surface area contributed by atoms with E-state index in [0.717, 1.165) is 76.3 Å². The van der Waals surface area contributed by atoms with Crippen molar-refractivity contribution in [3.05, 3.63) is 0 Å². The monoisotopic (exact) mass is 740 g/mol. The van der Waals surface area contributed by atoms with E-state index >= 15 is 0 Å². The number of esters is 1. The minimum Gasteiger partial charge on any atom is -0.466 e. The normalized spacial score (nSPS) is 12.5. The van der Waals surface area contributed by atoms with Gasteiger partial charge in [0.05, 0.1) is 13.2 Å². The van der Waals surface area contributed by atoms with Gasteiger partial charge in [0.2, 0.25) is 0 Å². The fourth-order valence-corrected chi connectivity index (χ4v) is 7.70. The molecule has 2 N–H and O–H groups in total. The van der Waals surface area contributed by atoms with Crippen molar-refractivity contribution < 1.29 is 24.5 Å². The highest BCUT2D eigenvalue weighted by Crippen LogP contribution is 2.24. The van der Waals surface area contributed by atoms with Crippen molar-refractivity contribution in [2.24, 2.45) is 11.8 Å². The molecule has 0 aromatic heterocycles. The van der Waals surface area contributed by atoms with E-state index in [-0.39, 0.29) is 12.6 Å². The number of hydrogen-bond donors (Lipinski definition) is 2. The van der Waals surface area contributed by atoms with Crippen LogP contribution >= 0.6 is 0 Å². The van der Waals surface area contributed by atoms with Gasteiger partial charge in [-0.25, -0.2) is 0 Å². The van der Waals surface area contributed by atoms with Gasteiger partial charge in [0.1, 0.15) is 0 Å². The first-order valence-electron chi connectivity index (χ1n) is 23.3. The number of nitrogens with zero attached hydrogens (tertiary/aromatic N) is 1. The van der Waals surface area contributed by atoms with Crippen molar-refractivity contribution in [2.75, 3.05) is 39.5 Å². The van der Waals surface area contributed by atoms with E-state index in [1.165, 1.54) is 141 Å². The Morgan fingerprint density at radius 1 is 0.481 bits per heavy atom. The lowest BCUT2D eigenvalue weighted by Crippen LogP contribution is -2.29. The first kappa shape index (κ1) is 51.3. The fourth-order valence-electron chi connectivity index (χ4n) is 7.70. The third-order valence-corrected chi connectivity index (χ3v) is 11.1. The molecule has 0 saturated carbocycles. The lowest BCUT2D eigenvalue weighted by Gasteiger charge is -2.21. The predicted octanol–water partition coefficient (Wildman–Crippen LogP) is 13.0. The molecule has 0 spiro atoms. The van der Waals surface area contributed by atoms with Crippen LogP contribution in [0.1, 0.15) is 233 Å². The largest absolute Gasteiger partial charge is 0.466 e. The first-order valence-corrected chi connectivity index (χ1v) is 23.3. The van der Waals surface area contributed by atoms with Crippen molar-refractivity contribution >= 4 is 5.97 Å². The molecule has 312 valence electrons. The molecule has 0 amide bonds. The lowest BCUT2D eigenvalue weighted by molar-refractivity contribution is -0.144. The van der Waals surface area contributed by atoms with Gasteiger partial charge in [-0.05, 0) is 82.7 Å². The van der Waals surface area contributed by atoms with Crippen LogP contribution < -0.4 is 0 Å². The molecule has 0 aliphatic carbocycles. The zero-order chi connectivity index (χ0) is 38.2. The molecule has 0 rings (SSSR count). The summed E-state index contributed by atoms with van der Waals surface area (Å²) in [5.41, 5.74) is 0. The minimum absolute atomic E-state index is 0.0411. The van der Waals surface area contributed by atoms with Gasteiger partial charge in [-0.15, -0.1) is 0 Å². The van der Waals surface area contributed by atoms with Gasteiger partial charge in [-0.2, -0.15) is 0 Å². The average Bonchev–Trinajstić information content (AvgIpc) is 3.14. The van der Waals surface area contributed by atoms with Crippen molar-refractivity contribution in [2.45, 2.75) is 239 Å². The summed E-state index contributed by atoms with van der Waals surface area (Å²) in [6.07, 6.45) is 37.9. The molecule has 0 bridgehead atoms. The molecule has 0 radical (unpaired) electrons. The van der Waals surface area contributed by atoms with Gasteiger partial charge < -0.3 is 24.6 Å². The second-order valence-electron chi connectivity index (χ2n) is 16.2. The summed E-state index contributed by atoms with van der Waals surface area (Å²) in [6.45, 7) is 13.2. The molecule has 0 aliphatic rings. The number of aliphatic hydroxyl groups is 2. The van der Waals surface area contributed by atoms with E-state index in [1.54, 1.807) is 0 Å². The maximum absolute atomic E-state index is 12.3. The predicted molar refractivity (Wildman–Crippen MR) is 224 cm³/mol. The number of ether oxygens (including phenoxy) is 2. The van der Waals surface area contributed by atoms with Crippen molar-refractivity contribution in [3.63, 3.8) is 0 Å². The molecule has 0 aromatic carbocycles. The molecule has 1 unspecified atom stereocenters. The van der Waals surface area contributed by atoms with Crippen LogP contribution in [0.3, 0.4) is 0 Å². The van der Waals surface area contributed by atoms with Gasteiger partial charge in [0.25, 0.3) is 0 Å². The van der Waals surface area contributed by atoms with E-state index in [0.29, 0.717) is 32.6 Å². The summed E-state index contributed by atoms with van der Waals surface area (Å²) in [5.74, 6) is 1.57. The molecule has 0 saturated heterocycles. The van der Waals surface area contributed by atoms with E-state index in [9.17, 15) is 15.0 Å². The SMILES string of the molecule is CCCCCCC(CCCCCC)CCCOC(=O)CCCCCN(CCO)CCCCCC(O)OCCCC(CCCCCC)CCCCCC. The smallest absolute Gasteiger partial charge is 0.305 e. The maximum Gasteiger partial charge on any atom is 0.305 e. The van der Waals surface area contributed by atoms with Gasteiger partial charge in [0.15, 0.2) is 6.29 Å². The Bertz CT molecular complexity index is 682. The summed E-state index contributed by atoms with van der Waals surface area (Å²) < 4.78 is 11.4. The second-order valence-corrected chi connectivity index (χ2v) is 16.2. The van der Waals surface area contributed by atoms with E-state index < -0.39 is 6.29 Å². The number of carbonyl (C=O) groups excluding carboxylic acids is 1. The maximum atomic E-state index is 12.3. The molecule has 52 heavy (non-hydrogen) atoms. The Labute approximate surface area is 325 Å². The number of unbranched alkanes of at least 4 members (excludes halogenated alkanes) is 16. The average molecular weight is 740 g/mol. The van der Waals surface area contributed by atoms with E-state index in [4.69, 9.17) is 9.47 Å². The van der Waals surface area contributed by atoms with Crippen LogP contribution in [0.5, 0.6) is 0 Å². The number of hydrogen-bond acceptors (Lipinski definition) is 6. The highest BCUT2D eigenvalue weighted by atomic mass is 16.6. The molecule has 0 heterocycles. The molecule has 0 fully saturated rings. The van der Waals surface area contributed by atoms with E-state index in [2.05, 4.69) is 32.6 Å². The quantitative estimate of drug-likeness (QED) is 0.0368. The molecule has 1 atom stereocenters. The summed E-state index contributed by atoms with van der Waals surface area (Å²) >= 11 is 0. The molecule has 0 aromatic rings. The van der Waals surface area contributed by atoms with Crippen molar-refractivity contribution in [1.82, 2.24) is 4.90 Å². The van der Waals surface area contributed by atoms with Crippen LogP contribution in [-0.2, 0) is 14.3 Å². The Hall–Kier alpha value is -0.690. The standard InChI is InChI=1S/C46H93NO5/c1-5-9-13-19-29-43(30-20-14-10-6-2)33-27-41-51-45(49)35-23-17-25-37-47(39-40-48)38-26-18-24-36-46(50)52-42-28-34-44(31-21-15-11-7-3)32-22-16-12-8-4/h43-45,48-49H,5-42H2,1-4H3. The van der Waals surface area contributed by atoms with Gasteiger partial charge in [-0.1, -0.05) is 169 Å². The second kappa shape index (κ2) is 41.5. The van der Waals surface area contributed by atoms with Crippen LogP contribution in [0, 0.1) is 11.8 Å². The highest BCUT2D eigenvalue weighted by molar-refractivity contribution is 5.69. The Morgan fingerprint density at radius 2 is 0.885 bits per heavy atom. The summed E-state index contributed by atoms with van der Waals surface area (Å²) in [4.78, 5) is 14.7. The highest BCUT2D eigenvalue weighted by Gasteiger charge is 2.12. The van der Waals surface area contributed by atoms with E-state index in [1.807, 2.05) is 0 Å². The van der Waals surface area contributed by atoms with Gasteiger partial charge in [-0.3, -0.25) is 4.79 Å². The van der Waals surface area contributed by atoms with Crippen LogP contribution in [0.2, 0.25) is 0 Å². The van der Waals surface area contributed by atoms with Crippen molar-refractivity contribution in [3.8, 4) is 0 Å². The zero-order valence-corrected chi connectivity index (χ0v) is 35.7. The number of carbonyl (C=O) groups is 1. The first-order chi connectivity index (χ1) is 25.5. The minimum atomic E-state index is -0.648. The van der Waals surface area contributed by atoms with Gasteiger partial charge in [0, 0.05) is 19.6 Å². The Kier molecular flexibility index (Phi) is 40.9. The van der Waals surface area contributed by atoms with Crippen LogP contribution in [-0.4, -0.2) is 66.8 Å². The zero-order valence-electron chi connectivity index (χ0n) is 35.7. The molecular weight excluding hydrogens is 647 g/mol. The molecule has 6 nitrogen and oxygen atoms in total. The number of aliphatic hydroxyl groups excluding tert-OH is 2. The Balaban J connectivity index is 4.03. The molecular formula is C46H93NO5. The molecule has 6 heteroatoms. The summed E-state index contributed by atoms with van der Waals surface area (Å²) in [5, 5.41) is 20.0. The number of rotatable bonds is 43. The Morgan fingerprint density at radius 3 is 1.35 bits per heavy atom. The fraction of sp³-hybridized carbons (Fsp3) is 0.978. The summed E-state index contributed by atoms with van der Waals surface area (Å²) in [6, 6.07) is 0. The third kappa shape index (κ3) is 36.3. The third-order valence-electron chi connectivity index (χ3n) is 11.1. The van der Waals surface area contributed by atoms with Crippen molar-refractivity contribution in [1.29, 1.82) is 0 Å². The van der Waals surface area contributed by atoms with Gasteiger partial charge >= 0.3 is 5.97 Å².